The van der Waals surface area contributed by atoms with Gasteiger partial charge < -0.3 is 20.3 Å². The van der Waals surface area contributed by atoms with E-state index in [4.69, 9.17) is 10.1 Å². The Morgan fingerprint density at radius 3 is 2.81 bits per heavy atom. The van der Waals surface area contributed by atoms with Crippen LogP contribution < -0.4 is 10.6 Å². The Hall–Kier alpha value is -2.41. The number of aromatic nitrogens is 2. The zero-order chi connectivity index (χ0) is 19.4. The molecule has 2 heterocycles. The van der Waals surface area contributed by atoms with Crippen molar-refractivity contribution in [3.05, 3.63) is 29.6 Å². The summed E-state index contributed by atoms with van der Waals surface area (Å²) in [5.41, 5.74) is 2.31. The van der Waals surface area contributed by atoms with Crippen LogP contribution in [0, 0.1) is 11.8 Å². The number of fused-ring (bicyclic) bond motifs is 1. The number of nitrogens with zero attached hydrogens (tertiary/aromatic N) is 2. The fourth-order valence-corrected chi connectivity index (χ4v) is 3.83. The average Bonchev–Trinajstić information content (AvgIpc) is 2.97. The molecule has 7 heteroatoms. The third-order valence-electron chi connectivity index (χ3n) is 5.55. The van der Waals surface area contributed by atoms with E-state index in [-0.39, 0.29) is 18.9 Å². The van der Waals surface area contributed by atoms with Gasteiger partial charge >= 0.3 is 5.97 Å². The van der Waals surface area contributed by atoms with Gasteiger partial charge in [-0.3, -0.25) is 9.59 Å². The number of imidazole rings is 1. The molecule has 3 N–H and O–H groups in total. The van der Waals surface area contributed by atoms with Crippen LogP contribution in [0.15, 0.2) is 18.2 Å². The zero-order valence-corrected chi connectivity index (χ0v) is 16.0. The van der Waals surface area contributed by atoms with Gasteiger partial charge in [0.1, 0.15) is 5.82 Å². The molecule has 0 saturated carbocycles. The van der Waals surface area contributed by atoms with Gasteiger partial charge in [-0.05, 0) is 56.0 Å². The molecule has 1 aliphatic rings. The predicted octanol–water partition coefficient (Wildman–Crippen LogP) is 1.96. The highest BCUT2D eigenvalue weighted by molar-refractivity contribution is 5.97. The van der Waals surface area contributed by atoms with Crippen molar-refractivity contribution in [1.29, 1.82) is 0 Å². The van der Waals surface area contributed by atoms with Crippen LogP contribution in [0.2, 0.25) is 0 Å². The van der Waals surface area contributed by atoms with E-state index in [1.54, 1.807) is 12.1 Å². The summed E-state index contributed by atoms with van der Waals surface area (Å²) in [7, 11) is 2.02. The number of rotatable bonds is 7. The standard InChI is InChI=1S/C20H28N4O3/c1-13(14-5-8-21-9-6-14)11-18-23-16-12-15(3-4-17(16)24(18)2)20(27)22-10-7-19(25)26/h3-4,12-14,21H,5-11H2,1-2H3,(H,22,27)(H,25,26). The highest BCUT2D eigenvalue weighted by Crippen LogP contribution is 2.26. The summed E-state index contributed by atoms with van der Waals surface area (Å²) >= 11 is 0. The number of carbonyl (C=O) groups excluding carboxylic acids is 1. The van der Waals surface area contributed by atoms with Crippen LogP contribution in [0.1, 0.15) is 42.4 Å². The molecular weight excluding hydrogens is 344 g/mol. The minimum Gasteiger partial charge on any atom is -0.481 e. The molecule has 0 radical (unpaired) electrons. The largest absolute Gasteiger partial charge is 0.481 e. The lowest BCUT2D eigenvalue weighted by Crippen LogP contribution is -2.31. The average molecular weight is 372 g/mol. The van der Waals surface area contributed by atoms with E-state index in [0.29, 0.717) is 11.5 Å². The van der Waals surface area contributed by atoms with E-state index in [1.807, 2.05) is 13.1 Å². The summed E-state index contributed by atoms with van der Waals surface area (Å²) in [4.78, 5) is 27.5. The maximum Gasteiger partial charge on any atom is 0.305 e. The number of carboxylic acids is 1. The SMILES string of the molecule is CC(Cc1nc2cc(C(=O)NCCC(=O)O)ccc2n1C)C1CCNCC1. The van der Waals surface area contributed by atoms with Gasteiger partial charge in [-0.15, -0.1) is 0 Å². The van der Waals surface area contributed by atoms with Crippen molar-refractivity contribution in [2.24, 2.45) is 18.9 Å². The molecule has 1 unspecified atom stereocenters. The number of carbonyl (C=O) groups is 2. The normalized spacial score (nSPS) is 16.4. The Kier molecular flexibility index (Phi) is 6.11. The van der Waals surface area contributed by atoms with Gasteiger partial charge in [-0.2, -0.15) is 0 Å². The molecule has 1 amide bonds. The Labute approximate surface area is 159 Å². The number of hydrogen-bond acceptors (Lipinski definition) is 4. The minimum atomic E-state index is -0.928. The molecule has 3 rings (SSSR count). The number of amides is 1. The van der Waals surface area contributed by atoms with E-state index in [0.717, 1.165) is 42.3 Å². The van der Waals surface area contributed by atoms with Gasteiger partial charge in [0.2, 0.25) is 0 Å². The maximum absolute atomic E-state index is 12.2. The van der Waals surface area contributed by atoms with Gasteiger partial charge in [0, 0.05) is 25.6 Å². The summed E-state index contributed by atoms with van der Waals surface area (Å²) in [6.45, 7) is 4.61. The molecule has 146 valence electrons. The Bertz CT molecular complexity index is 824. The number of benzene rings is 1. The van der Waals surface area contributed by atoms with Gasteiger partial charge in [0.05, 0.1) is 17.5 Å². The molecule has 1 aromatic heterocycles. The fraction of sp³-hybridized carbons (Fsp3) is 0.550. The number of aryl methyl sites for hydroxylation is 1. The number of aliphatic carboxylic acids is 1. The molecule has 1 aliphatic heterocycles. The third kappa shape index (κ3) is 4.66. The molecule has 0 bridgehead atoms. The van der Waals surface area contributed by atoms with Crippen LogP contribution in [-0.2, 0) is 18.3 Å². The van der Waals surface area contributed by atoms with E-state index in [1.165, 1.54) is 12.8 Å². The van der Waals surface area contributed by atoms with Crippen molar-refractivity contribution in [3.8, 4) is 0 Å². The maximum atomic E-state index is 12.2. The van der Waals surface area contributed by atoms with Crippen LogP contribution in [0.3, 0.4) is 0 Å². The second kappa shape index (κ2) is 8.52. The molecule has 2 aromatic rings. The first kappa shape index (κ1) is 19.4. The predicted molar refractivity (Wildman–Crippen MR) is 104 cm³/mol. The topological polar surface area (TPSA) is 96.2 Å². The fourth-order valence-electron chi connectivity index (χ4n) is 3.83. The van der Waals surface area contributed by atoms with E-state index < -0.39 is 5.97 Å². The summed E-state index contributed by atoms with van der Waals surface area (Å²) in [5, 5.41) is 14.7. The lowest BCUT2D eigenvalue weighted by Gasteiger charge is -2.28. The quantitative estimate of drug-likeness (QED) is 0.690. The van der Waals surface area contributed by atoms with Gasteiger partial charge in [0.15, 0.2) is 0 Å². The van der Waals surface area contributed by atoms with Crippen molar-refractivity contribution in [2.45, 2.75) is 32.6 Å². The first-order valence-electron chi connectivity index (χ1n) is 9.61. The van der Waals surface area contributed by atoms with Crippen LogP contribution in [-0.4, -0.2) is 46.2 Å². The molecule has 1 aromatic carbocycles. The van der Waals surface area contributed by atoms with Crippen LogP contribution in [0.5, 0.6) is 0 Å². The molecule has 27 heavy (non-hydrogen) atoms. The lowest BCUT2D eigenvalue weighted by molar-refractivity contribution is -0.136. The first-order chi connectivity index (χ1) is 13.0. The number of carboxylic acid groups (broad SMARTS) is 1. The second-order valence-corrected chi connectivity index (χ2v) is 7.46. The second-order valence-electron chi connectivity index (χ2n) is 7.46. The monoisotopic (exact) mass is 372 g/mol. The van der Waals surface area contributed by atoms with E-state index >= 15 is 0 Å². The summed E-state index contributed by atoms with van der Waals surface area (Å²) < 4.78 is 2.11. The summed E-state index contributed by atoms with van der Waals surface area (Å²) in [6, 6.07) is 5.46. The minimum absolute atomic E-state index is 0.0870. The first-order valence-corrected chi connectivity index (χ1v) is 9.61. The summed E-state index contributed by atoms with van der Waals surface area (Å²) in [6.07, 6.45) is 3.27. The smallest absolute Gasteiger partial charge is 0.305 e. The van der Waals surface area contributed by atoms with Crippen molar-refractivity contribution in [3.63, 3.8) is 0 Å². The van der Waals surface area contributed by atoms with Crippen LogP contribution in [0.25, 0.3) is 11.0 Å². The molecule has 0 spiro atoms. The van der Waals surface area contributed by atoms with Gasteiger partial charge in [0.25, 0.3) is 5.91 Å². The number of nitrogens with one attached hydrogen (secondary N) is 2. The van der Waals surface area contributed by atoms with Crippen LogP contribution in [0.4, 0.5) is 0 Å². The van der Waals surface area contributed by atoms with Crippen molar-refractivity contribution in [1.82, 2.24) is 20.2 Å². The van der Waals surface area contributed by atoms with Crippen molar-refractivity contribution >= 4 is 22.9 Å². The Morgan fingerprint density at radius 2 is 2.11 bits per heavy atom. The van der Waals surface area contributed by atoms with Crippen LogP contribution >= 0.6 is 0 Å². The summed E-state index contributed by atoms with van der Waals surface area (Å²) in [5.74, 6) is 1.14. The van der Waals surface area contributed by atoms with Crippen molar-refractivity contribution < 1.29 is 14.7 Å². The molecule has 0 aliphatic carbocycles. The molecule has 7 nitrogen and oxygen atoms in total. The highest BCUT2D eigenvalue weighted by Gasteiger charge is 2.22. The van der Waals surface area contributed by atoms with E-state index in [2.05, 4.69) is 22.1 Å². The lowest BCUT2D eigenvalue weighted by atomic mass is 9.84. The molecule has 1 atom stereocenters. The van der Waals surface area contributed by atoms with Gasteiger partial charge in [-0.25, -0.2) is 4.98 Å². The third-order valence-corrected chi connectivity index (χ3v) is 5.55. The molecular formula is C20H28N4O3. The zero-order valence-electron chi connectivity index (χ0n) is 16.0. The van der Waals surface area contributed by atoms with Gasteiger partial charge in [-0.1, -0.05) is 6.92 Å². The Morgan fingerprint density at radius 1 is 1.37 bits per heavy atom. The Balaban J connectivity index is 1.71. The molecule has 1 saturated heterocycles. The highest BCUT2D eigenvalue weighted by atomic mass is 16.4. The number of piperidine rings is 1. The van der Waals surface area contributed by atoms with Crippen molar-refractivity contribution in [2.75, 3.05) is 19.6 Å². The number of hydrogen-bond donors (Lipinski definition) is 3. The van der Waals surface area contributed by atoms with E-state index in [9.17, 15) is 9.59 Å². The molecule has 1 fully saturated rings.